The minimum Gasteiger partial charge on any atom is -0.384 e. The van der Waals surface area contributed by atoms with Gasteiger partial charge in [0.15, 0.2) is 0 Å². The van der Waals surface area contributed by atoms with E-state index < -0.39 is 10.3 Å². The quantitative estimate of drug-likeness (QED) is 0.623. The van der Waals surface area contributed by atoms with Crippen molar-refractivity contribution in [3.05, 3.63) is 34.4 Å². The number of carbonyl (C=O) groups is 1. The van der Waals surface area contributed by atoms with Crippen molar-refractivity contribution in [2.75, 3.05) is 32.1 Å². The van der Waals surface area contributed by atoms with Gasteiger partial charge >= 0.3 is 0 Å². The van der Waals surface area contributed by atoms with Crippen LogP contribution >= 0.6 is 0 Å². The Morgan fingerprint density at radius 3 is 3.00 bits per heavy atom. The van der Waals surface area contributed by atoms with Crippen LogP contribution in [0.15, 0.2) is 24.3 Å². The molecule has 1 fully saturated rings. The van der Waals surface area contributed by atoms with Crippen molar-refractivity contribution in [2.24, 2.45) is 5.41 Å². The number of ether oxygens (including phenoxy) is 1. The number of rotatable bonds is 5. The first-order chi connectivity index (χ1) is 9.57. The maximum atomic E-state index is 12.4. The van der Waals surface area contributed by atoms with Gasteiger partial charge in [-0.1, -0.05) is 6.07 Å². The second-order valence-corrected chi connectivity index (χ2v) is 4.90. The third-order valence-corrected chi connectivity index (χ3v) is 3.46. The summed E-state index contributed by atoms with van der Waals surface area (Å²) in [4.78, 5) is 22.6. The molecule has 1 saturated heterocycles. The van der Waals surface area contributed by atoms with E-state index in [1.807, 2.05) is 0 Å². The van der Waals surface area contributed by atoms with Gasteiger partial charge in [-0.05, 0) is 19.0 Å². The van der Waals surface area contributed by atoms with E-state index >= 15 is 0 Å². The first-order valence-electron chi connectivity index (χ1n) is 6.33. The Morgan fingerprint density at radius 2 is 2.40 bits per heavy atom. The minimum absolute atomic E-state index is 0.0480. The second-order valence-electron chi connectivity index (χ2n) is 4.90. The molecule has 0 radical (unpaired) electrons. The van der Waals surface area contributed by atoms with Crippen LogP contribution in [0.1, 0.15) is 6.42 Å². The molecule has 0 aromatic heterocycles. The van der Waals surface area contributed by atoms with Gasteiger partial charge in [-0.15, -0.1) is 0 Å². The van der Waals surface area contributed by atoms with Gasteiger partial charge in [0.2, 0.25) is 5.91 Å². The Kier molecular flexibility index (Phi) is 4.31. The van der Waals surface area contributed by atoms with Crippen molar-refractivity contribution in [1.82, 2.24) is 5.32 Å². The van der Waals surface area contributed by atoms with E-state index in [1.54, 1.807) is 19.2 Å². The van der Waals surface area contributed by atoms with Crippen molar-refractivity contribution >= 4 is 17.3 Å². The third kappa shape index (κ3) is 2.94. The summed E-state index contributed by atoms with van der Waals surface area (Å²) in [6.45, 7) is 1.62. The van der Waals surface area contributed by atoms with Gasteiger partial charge < -0.3 is 15.4 Å². The van der Waals surface area contributed by atoms with Crippen LogP contribution in [0.3, 0.4) is 0 Å². The first kappa shape index (κ1) is 14.4. The smallest absolute Gasteiger partial charge is 0.271 e. The van der Waals surface area contributed by atoms with E-state index in [0.29, 0.717) is 25.3 Å². The van der Waals surface area contributed by atoms with Gasteiger partial charge in [0.25, 0.3) is 5.69 Å². The first-order valence-corrected chi connectivity index (χ1v) is 6.33. The van der Waals surface area contributed by atoms with Crippen molar-refractivity contribution in [2.45, 2.75) is 6.42 Å². The Morgan fingerprint density at radius 1 is 1.60 bits per heavy atom. The fourth-order valence-corrected chi connectivity index (χ4v) is 2.36. The van der Waals surface area contributed by atoms with E-state index in [9.17, 15) is 14.9 Å². The summed E-state index contributed by atoms with van der Waals surface area (Å²) in [5.74, 6) is -0.176. The molecule has 0 spiro atoms. The lowest BCUT2D eigenvalue weighted by molar-refractivity contribution is -0.384. The molecule has 2 rings (SSSR count). The van der Waals surface area contributed by atoms with Crippen LogP contribution in [0, 0.1) is 15.5 Å². The van der Waals surface area contributed by atoms with Crippen LogP contribution in [-0.4, -0.2) is 37.6 Å². The number of hydrogen-bond acceptors (Lipinski definition) is 5. The zero-order chi connectivity index (χ0) is 14.6. The normalized spacial score (nSPS) is 21.6. The summed E-state index contributed by atoms with van der Waals surface area (Å²) < 4.78 is 5.14. The molecule has 1 aromatic rings. The van der Waals surface area contributed by atoms with Gasteiger partial charge in [-0.25, -0.2) is 0 Å². The van der Waals surface area contributed by atoms with Crippen LogP contribution in [0.2, 0.25) is 0 Å². The lowest BCUT2D eigenvalue weighted by Crippen LogP contribution is -2.41. The summed E-state index contributed by atoms with van der Waals surface area (Å²) in [5.41, 5.74) is -0.237. The van der Waals surface area contributed by atoms with E-state index in [4.69, 9.17) is 4.74 Å². The zero-order valence-electron chi connectivity index (χ0n) is 11.2. The molecule has 1 aliphatic rings. The van der Waals surface area contributed by atoms with Crippen molar-refractivity contribution in [1.29, 1.82) is 0 Å². The highest BCUT2D eigenvalue weighted by atomic mass is 16.6. The molecule has 2 N–H and O–H groups in total. The van der Waals surface area contributed by atoms with Crippen LogP contribution in [0.4, 0.5) is 11.4 Å². The van der Waals surface area contributed by atoms with Gasteiger partial charge in [0.1, 0.15) is 0 Å². The summed E-state index contributed by atoms with van der Waals surface area (Å²) >= 11 is 0. The Labute approximate surface area is 116 Å². The van der Waals surface area contributed by atoms with E-state index in [1.165, 1.54) is 12.1 Å². The number of nitrogens with one attached hydrogen (secondary N) is 2. The Balaban J connectivity index is 2.14. The molecule has 20 heavy (non-hydrogen) atoms. The van der Waals surface area contributed by atoms with Gasteiger partial charge in [-0.3, -0.25) is 14.9 Å². The zero-order valence-corrected chi connectivity index (χ0v) is 11.2. The van der Waals surface area contributed by atoms with Crippen LogP contribution < -0.4 is 10.6 Å². The number of hydrogen-bond donors (Lipinski definition) is 2. The van der Waals surface area contributed by atoms with Crippen molar-refractivity contribution in [3.63, 3.8) is 0 Å². The average molecular weight is 279 g/mol. The minimum atomic E-state index is -0.612. The lowest BCUT2D eigenvalue weighted by atomic mass is 9.87. The molecule has 7 nitrogen and oxygen atoms in total. The second kappa shape index (κ2) is 5.98. The number of amides is 1. The monoisotopic (exact) mass is 279 g/mol. The summed E-state index contributed by atoms with van der Waals surface area (Å²) in [6.07, 6.45) is 0.682. The average Bonchev–Trinajstić information content (AvgIpc) is 2.89. The lowest BCUT2D eigenvalue weighted by Gasteiger charge is -2.25. The molecule has 7 heteroatoms. The highest BCUT2D eigenvalue weighted by Crippen LogP contribution is 2.28. The maximum Gasteiger partial charge on any atom is 0.271 e. The van der Waals surface area contributed by atoms with Crippen LogP contribution in [-0.2, 0) is 9.53 Å². The molecule has 1 amide bonds. The summed E-state index contributed by atoms with van der Waals surface area (Å²) in [7, 11) is 1.56. The van der Waals surface area contributed by atoms with Gasteiger partial charge in [0, 0.05) is 31.5 Å². The third-order valence-electron chi connectivity index (χ3n) is 3.46. The van der Waals surface area contributed by atoms with Gasteiger partial charge in [-0.2, -0.15) is 0 Å². The molecule has 0 aliphatic carbocycles. The molecule has 1 aliphatic heterocycles. The molecular weight excluding hydrogens is 262 g/mol. The van der Waals surface area contributed by atoms with Gasteiger partial charge in [0.05, 0.1) is 16.9 Å². The highest BCUT2D eigenvalue weighted by Gasteiger charge is 2.41. The van der Waals surface area contributed by atoms with Crippen molar-refractivity contribution in [3.8, 4) is 0 Å². The molecule has 0 bridgehead atoms. The Bertz CT molecular complexity index is 512. The van der Waals surface area contributed by atoms with E-state index in [-0.39, 0.29) is 11.6 Å². The number of nitro groups is 1. The number of carbonyl (C=O) groups excluding carboxylic acids is 1. The largest absolute Gasteiger partial charge is 0.384 e. The van der Waals surface area contributed by atoms with Crippen LogP contribution in [0.25, 0.3) is 0 Å². The summed E-state index contributed by atoms with van der Waals surface area (Å²) in [5, 5.41) is 16.6. The number of anilines is 1. The number of nitro benzene ring substituents is 1. The number of non-ortho nitro benzene ring substituents is 1. The van der Waals surface area contributed by atoms with Crippen LogP contribution in [0.5, 0.6) is 0 Å². The number of methoxy groups -OCH3 is 1. The summed E-state index contributed by atoms with van der Waals surface area (Å²) in [6, 6.07) is 5.91. The standard InChI is InChI=1S/C13H17N3O4/c1-20-9-13(5-6-14-8-13)12(17)15-10-3-2-4-11(7-10)16(18)19/h2-4,7,14H,5-6,8-9H2,1H3,(H,15,17). The SMILES string of the molecule is COCC1(C(=O)Nc2cccc([N+](=O)[O-])c2)CCNC1. The topological polar surface area (TPSA) is 93.5 Å². The molecule has 1 atom stereocenters. The fourth-order valence-electron chi connectivity index (χ4n) is 2.36. The molecule has 0 saturated carbocycles. The number of benzene rings is 1. The van der Waals surface area contributed by atoms with Crippen molar-refractivity contribution < 1.29 is 14.5 Å². The molecule has 108 valence electrons. The molecule has 1 heterocycles. The molecular formula is C13H17N3O4. The molecule has 1 aromatic carbocycles. The number of nitrogens with zero attached hydrogens (tertiary/aromatic N) is 1. The molecule has 1 unspecified atom stereocenters. The fraction of sp³-hybridized carbons (Fsp3) is 0.462. The highest BCUT2D eigenvalue weighted by molar-refractivity contribution is 5.96. The predicted octanol–water partition coefficient (Wildman–Crippen LogP) is 1.16. The van der Waals surface area contributed by atoms with E-state index in [2.05, 4.69) is 10.6 Å². The maximum absolute atomic E-state index is 12.4. The predicted molar refractivity (Wildman–Crippen MR) is 73.5 cm³/mol. The van der Waals surface area contributed by atoms with E-state index in [0.717, 1.165) is 6.54 Å². The Hall–Kier alpha value is -1.99.